The average molecular weight is 221 g/mol. The number of hydrogen-bond donors (Lipinski definition) is 1. The Labute approximate surface area is 95.7 Å². The minimum atomic E-state index is -0.0132. The van der Waals surface area contributed by atoms with Gasteiger partial charge in [0.1, 0.15) is 0 Å². The summed E-state index contributed by atoms with van der Waals surface area (Å²) in [5.41, 5.74) is -0.0132. The van der Waals surface area contributed by atoms with Gasteiger partial charge in [-0.2, -0.15) is 5.10 Å². The fraction of sp³-hybridized carbons (Fsp3) is 0.667. The molecule has 0 radical (unpaired) electrons. The third-order valence-corrected chi connectivity index (χ3v) is 3.49. The van der Waals surface area contributed by atoms with Crippen LogP contribution >= 0.6 is 0 Å². The lowest BCUT2D eigenvalue weighted by atomic mass is 9.98. The van der Waals surface area contributed by atoms with Crippen LogP contribution < -0.4 is 10.9 Å². The Bertz CT molecular complexity index is 382. The Hall–Kier alpha value is -1.16. The van der Waals surface area contributed by atoms with Gasteiger partial charge in [-0.05, 0) is 31.9 Å². The van der Waals surface area contributed by atoms with E-state index in [1.54, 1.807) is 23.0 Å². The van der Waals surface area contributed by atoms with E-state index in [0.717, 1.165) is 0 Å². The van der Waals surface area contributed by atoms with Gasteiger partial charge >= 0.3 is 0 Å². The molecule has 88 valence electrons. The van der Waals surface area contributed by atoms with Crippen molar-refractivity contribution in [2.45, 2.75) is 38.3 Å². The number of nitrogens with one attached hydrogen (secondary N) is 1. The van der Waals surface area contributed by atoms with Crippen molar-refractivity contribution in [2.75, 3.05) is 7.05 Å². The van der Waals surface area contributed by atoms with Crippen LogP contribution in [0, 0.1) is 5.92 Å². The van der Waals surface area contributed by atoms with E-state index >= 15 is 0 Å². The Morgan fingerprint density at radius 3 is 2.94 bits per heavy atom. The smallest absolute Gasteiger partial charge is 0.266 e. The van der Waals surface area contributed by atoms with Crippen molar-refractivity contribution >= 4 is 0 Å². The Kier molecular flexibility index (Phi) is 3.72. The predicted molar refractivity (Wildman–Crippen MR) is 63.3 cm³/mol. The summed E-state index contributed by atoms with van der Waals surface area (Å²) in [6, 6.07) is 3.62. The van der Waals surface area contributed by atoms with Gasteiger partial charge in [-0.15, -0.1) is 0 Å². The Balaban J connectivity index is 2.06. The highest BCUT2D eigenvalue weighted by atomic mass is 16.1. The number of aromatic nitrogens is 2. The maximum Gasteiger partial charge on any atom is 0.266 e. The second kappa shape index (κ2) is 5.25. The molecule has 1 fully saturated rings. The Morgan fingerprint density at radius 1 is 1.56 bits per heavy atom. The molecule has 1 saturated carbocycles. The van der Waals surface area contributed by atoms with Crippen LogP contribution in [0.1, 0.15) is 25.7 Å². The number of rotatable bonds is 4. The van der Waals surface area contributed by atoms with Crippen LogP contribution in [-0.2, 0) is 6.54 Å². The number of hydrogen-bond acceptors (Lipinski definition) is 3. The third kappa shape index (κ3) is 2.50. The standard InChI is InChI=1S/C12H19N3O/c1-13-11(10-5-2-3-6-10)9-15-12(16)7-4-8-14-15/h4,7-8,10-11,13H,2-3,5-6,9H2,1H3. The zero-order chi connectivity index (χ0) is 11.4. The molecule has 1 aliphatic rings. The molecule has 0 aliphatic heterocycles. The molecular formula is C12H19N3O. The first-order chi connectivity index (χ1) is 7.81. The van der Waals surface area contributed by atoms with Crippen LogP contribution in [0.3, 0.4) is 0 Å². The monoisotopic (exact) mass is 221 g/mol. The fourth-order valence-corrected chi connectivity index (χ4v) is 2.55. The molecule has 1 atom stereocenters. The van der Waals surface area contributed by atoms with E-state index in [0.29, 0.717) is 18.5 Å². The van der Waals surface area contributed by atoms with Gasteiger partial charge < -0.3 is 5.32 Å². The molecule has 1 N–H and O–H groups in total. The molecule has 1 aromatic heterocycles. The first kappa shape index (κ1) is 11.3. The molecule has 16 heavy (non-hydrogen) atoms. The lowest BCUT2D eigenvalue weighted by Gasteiger charge is -2.22. The normalized spacial score (nSPS) is 18.8. The van der Waals surface area contributed by atoms with E-state index in [4.69, 9.17) is 0 Å². The van der Waals surface area contributed by atoms with Gasteiger partial charge in [-0.25, -0.2) is 4.68 Å². The summed E-state index contributed by atoms with van der Waals surface area (Å²) >= 11 is 0. The number of likely N-dealkylation sites (N-methyl/N-ethyl adjacent to an activating group) is 1. The van der Waals surface area contributed by atoms with E-state index < -0.39 is 0 Å². The molecule has 4 nitrogen and oxygen atoms in total. The van der Waals surface area contributed by atoms with E-state index in [-0.39, 0.29) is 5.56 Å². The average Bonchev–Trinajstić information content (AvgIpc) is 2.81. The summed E-state index contributed by atoms with van der Waals surface area (Å²) < 4.78 is 1.56. The van der Waals surface area contributed by atoms with Gasteiger partial charge in [0.25, 0.3) is 5.56 Å². The third-order valence-electron chi connectivity index (χ3n) is 3.49. The molecule has 1 aromatic rings. The minimum Gasteiger partial charge on any atom is -0.315 e. The molecule has 1 aliphatic carbocycles. The van der Waals surface area contributed by atoms with Crippen LogP contribution in [-0.4, -0.2) is 22.9 Å². The summed E-state index contributed by atoms with van der Waals surface area (Å²) in [6.45, 7) is 0.681. The van der Waals surface area contributed by atoms with Crippen molar-refractivity contribution in [1.29, 1.82) is 0 Å². The summed E-state index contributed by atoms with van der Waals surface area (Å²) in [5, 5.41) is 7.42. The molecule has 2 rings (SSSR count). The highest BCUT2D eigenvalue weighted by Gasteiger charge is 2.24. The second-order valence-corrected chi connectivity index (χ2v) is 4.48. The summed E-state index contributed by atoms with van der Waals surface area (Å²) in [6.07, 6.45) is 6.85. The van der Waals surface area contributed by atoms with Crippen LogP contribution in [0.2, 0.25) is 0 Å². The van der Waals surface area contributed by atoms with Gasteiger partial charge in [0, 0.05) is 18.3 Å². The molecule has 0 amide bonds. The maximum absolute atomic E-state index is 11.6. The molecule has 1 heterocycles. The summed E-state index contributed by atoms with van der Waals surface area (Å²) in [5.74, 6) is 0.693. The minimum absolute atomic E-state index is 0.0132. The largest absolute Gasteiger partial charge is 0.315 e. The van der Waals surface area contributed by atoms with Crippen molar-refractivity contribution in [3.8, 4) is 0 Å². The van der Waals surface area contributed by atoms with Gasteiger partial charge in [0.05, 0.1) is 6.54 Å². The maximum atomic E-state index is 11.6. The quantitative estimate of drug-likeness (QED) is 0.825. The fourth-order valence-electron chi connectivity index (χ4n) is 2.55. The second-order valence-electron chi connectivity index (χ2n) is 4.48. The van der Waals surface area contributed by atoms with Gasteiger partial charge in [-0.1, -0.05) is 12.8 Å². The highest BCUT2D eigenvalue weighted by molar-refractivity contribution is 4.87. The lowest BCUT2D eigenvalue weighted by Crippen LogP contribution is -2.39. The van der Waals surface area contributed by atoms with Crippen molar-refractivity contribution in [3.63, 3.8) is 0 Å². The summed E-state index contributed by atoms with van der Waals surface area (Å²) in [7, 11) is 1.97. The first-order valence-corrected chi connectivity index (χ1v) is 6.00. The van der Waals surface area contributed by atoms with Crippen LogP contribution in [0.5, 0.6) is 0 Å². The molecule has 0 spiro atoms. The van der Waals surface area contributed by atoms with Gasteiger partial charge in [0.2, 0.25) is 0 Å². The lowest BCUT2D eigenvalue weighted by molar-refractivity contribution is 0.323. The molecule has 1 unspecified atom stereocenters. The zero-order valence-electron chi connectivity index (χ0n) is 9.72. The summed E-state index contributed by atoms with van der Waals surface area (Å²) in [4.78, 5) is 11.6. The highest BCUT2D eigenvalue weighted by Crippen LogP contribution is 2.27. The zero-order valence-corrected chi connectivity index (χ0v) is 9.72. The predicted octanol–water partition coefficient (Wildman–Crippen LogP) is 1.02. The van der Waals surface area contributed by atoms with Crippen LogP contribution in [0.4, 0.5) is 0 Å². The van der Waals surface area contributed by atoms with Crippen molar-refractivity contribution < 1.29 is 0 Å². The van der Waals surface area contributed by atoms with Gasteiger partial charge in [-0.3, -0.25) is 4.79 Å². The number of nitrogens with zero attached hydrogens (tertiary/aromatic N) is 2. The van der Waals surface area contributed by atoms with E-state index in [1.807, 2.05) is 7.05 Å². The molecule has 0 saturated heterocycles. The molecule has 0 aromatic carbocycles. The van der Waals surface area contributed by atoms with E-state index in [1.165, 1.54) is 25.7 Å². The van der Waals surface area contributed by atoms with Crippen LogP contribution in [0.25, 0.3) is 0 Å². The first-order valence-electron chi connectivity index (χ1n) is 6.00. The van der Waals surface area contributed by atoms with Crippen molar-refractivity contribution in [3.05, 3.63) is 28.7 Å². The van der Waals surface area contributed by atoms with Gasteiger partial charge in [0.15, 0.2) is 0 Å². The molecule has 0 bridgehead atoms. The molecule has 4 heteroatoms. The van der Waals surface area contributed by atoms with Crippen LogP contribution in [0.15, 0.2) is 23.1 Å². The SMILES string of the molecule is CNC(Cn1ncccc1=O)C1CCCC1. The Morgan fingerprint density at radius 2 is 2.31 bits per heavy atom. The van der Waals surface area contributed by atoms with E-state index in [2.05, 4.69) is 10.4 Å². The van der Waals surface area contributed by atoms with E-state index in [9.17, 15) is 4.79 Å². The topological polar surface area (TPSA) is 46.9 Å². The van der Waals surface area contributed by atoms with Crippen molar-refractivity contribution in [2.24, 2.45) is 5.92 Å². The van der Waals surface area contributed by atoms with Crippen molar-refractivity contribution in [1.82, 2.24) is 15.1 Å². The molecular weight excluding hydrogens is 202 g/mol.